The van der Waals surface area contributed by atoms with Crippen molar-refractivity contribution in [3.05, 3.63) is 11.6 Å². The van der Waals surface area contributed by atoms with Crippen LogP contribution in [0.3, 0.4) is 0 Å². The predicted molar refractivity (Wildman–Crippen MR) is 154 cm³/mol. The Balaban J connectivity index is 1.49. The molecular weight excluding hydrogens is 520 g/mol. The first-order chi connectivity index (χ1) is 18.8. The Morgan fingerprint density at radius 1 is 0.878 bits per heavy atom. The summed E-state index contributed by atoms with van der Waals surface area (Å²) in [5.74, 6) is -1.87. The number of esters is 1. The van der Waals surface area contributed by atoms with Gasteiger partial charge in [-0.25, -0.2) is 0 Å². The molecule has 5 rings (SSSR count). The van der Waals surface area contributed by atoms with Crippen LogP contribution in [0.2, 0.25) is 0 Å². The summed E-state index contributed by atoms with van der Waals surface area (Å²) < 4.78 is 5.91. The van der Waals surface area contributed by atoms with Gasteiger partial charge < -0.3 is 14.9 Å². The lowest BCUT2D eigenvalue weighted by Crippen LogP contribution is -2.66. The number of fused-ring (bicyclic) bond motifs is 7. The Morgan fingerprint density at radius 3 is 2.17 bits per heavy atom. The molecular formula is C34H50O7. The van der Waals surface area contributed by atoms with Gasteiger partial charge in [-0.2, -0.15) is 0 Å². The van der Waals surface area contributed by atoms with Gasteiger partial charge in [-0.3, -0.25) is 19.2 Å². The fourth-order valence-corrected chi connectivity index (χ4v) is 11.0. The summed E-state index contributed by atoms with van der Waals surface area (Å²) >= 11 is 0. The largest absolute Gasteiger partial charge is 0.481 e. The third-order valence-electron chi connectivity index (χ3n) is 13.8. The van der Waals surface area contributed by atoms with E-state index in [2.05, 4.69) is 41.5 Å². The molecule has 5 aliphatic rings. The molecule has 5 unspecified atom stereocenters. The summed E-state index contributed by atoms with van der Waals surface area (Å²) in [6.07, 6.45) is 8.80. The van der Waals surface area contributed by atoms with E-state index < -0.39 is 23.3 Å². The lowest BCUT2D eigenvalue weighted by molar-refractivity contribution is -0.211. The van der Waals surface area contributed by atoms with E-state index in [9.17, 15) is 24.3 Å². The molecule has 4 fully saturated rings. The number of rotatable bonds is 5. The average Bonchev–Trinajstić information content (AvgIpc) is 2.86. The number of carbonyl (C=O) groups is 4. The van der Waals surface area contributed by atoms with Crippen LogP contribution < -0.4 is 0 Å². The zero-order valence-electron chi connectivity index (χ0n) is 26.1. The van der Waals surface area contributed by atoms with Crippen LogP contribution in [0.25, 0.3) is 0 Å². The van der Waals surface area contributed by atoms with Crippen molar-refractivity contribution >= 4 is 23.7 Å². The smallest absolute Gasteiger partial charge is 0.309 e. The molecule has 0 aromatic rings. The van der Waals surface area contributed by atoms with E-state index in [-0.39, 0.29) is 69.6 Å². The highest BCUT2D eigenvalue weighted by Gasteiger charge is 2.70. The van der Waals surface area contributed by atoms with E-state index in [0.717, 1.165) is 38.5 Å². The third-order valence-corrected chi connectivity index (χ3v) is 13.8. The zero-order chi connectivity index (χ0) is 30.4. The highest BCUT2D eigenvalue weighted by atomic mass is 16.5. The van der Waals surface area contributed by atoms with Crippen LogP contribution in [0.1, 0.15) is 119 Å². The molecule has 0 saturated heterocycles. The topological polar surface area (TPSA) is 118 Å². The fourth-order valence-electron chi connectivity index (χ4n) is 11.0. The first-order valence-corrected chi connectivity index (χ1v) is 15.7. The minimum absolute atomic E-state index is 0.0233. The lowest BCUT2D eigenvalue weighted by Gasteiger charge is -2.70. The van der Waals surface area contributed by atoms with Crippen LogP contribution in [0, 0.1) is 50.2 Å². The quantitative estimate of drug-likeness (QED) is 0.348. The summed E-state index contributed by atoms with van der Waals surface area (Å²) in [7, 11) is 0. The average molecular weight is 571 g/mol. The van der Waals surface area contributed by atoms with E-state index in [4.69, 9.17) is 9.84 Å². The van der Waals surface area contributed by atoms with Crippen LogP contribution in [0.5, 0.6) is 0 Å². The van der Waals surface area contributed by atoms with Crippen molar-refractivity contribution < 1.29 is 34.1 Å². The van der Waals surface area contributed by atoms with E-state index >= 15 is 0 Å². The van der Waals surface area contributed by atoms with Gasteiger partial charge in [0.15, 0.2) is 5.78 Å². The van der Waals surface area contributed by atoms with Crippen molar-refractivity contribution in [2.75, 3.05) is 0 Å². The minimum Gasteiger partial charge on any atom is -0.481 e. The molecule has 7 nitrogen and oxygen atoms in total. The number of carbonyl (C=O) groups excluding carboxylic acids is 2. The number of hydrogen-bond acceptors (Lipinski definition) is 5. The molecule has 7 heteroatoms. The van der Waals surface area contributed by atoms with Crippen LogP contribution in [-0.2, 0) is 23.9 Å². The van der Waals surface area contributed by atoms with Gasteiger partial charge in [0.2, 0.25) is 0 Å². The molecule has 0 amide bonds. The first-order valence-electron chi connectivity index (χ1n) is 15.7. The molecule has 0 heterocycles. The van der Waals surface area contributed by atoms with Crippen molar-refractivity contribution in [3.8, 4) is 0 Å². The molecule has 4 saturated carbocycles. The second kappa shape index (κ2) is 9.41. The summed E-state index contributed by atoms with van der Waals surface area (Å²) in [5.41, 5.74) is -0.553. The molecule has 0 aromatic heterocycles. The highest BCUT2D eigenvalue weighted by molar-refractivity contribution is 5.95. The number of ether oxygens (including phenoxy) is 1. The van der Waals surface area contributed by atoms with Crippen LogP contribution in [0.4, 0.5) is 0 Å². The van der Waals surface area contributed by atoms with E-state index in [1.807, 2.05) is 13.0 Å². The van der Waals surface area contributed by atoms with Gasteiger partial charge in [-0.05, 0) is 104 Å². The zero-order valence-corrected chi connectivity index (χ0v) is 26.1. The Labute approximate surface area is 244 Å². The number of carboxylic acids is 2. The summed E-state index contributed by atoms with van der Waals surface area (Å²) in [5, 5.41) is 19.1. The van der Waals surface area contributed by atoms with Crippen LogP contribution in [-0.4, -0.2) is 40.0 Å². The molecule has 9 atom stereocenters. The molecule has 5 aliphatic carbocycles. The van der Waals surface area contributed by atoms with Gasteiger partial charge in [-0.15, -0.1) is 0 Å². The Morgan fingerprint density at radius 2 is 1.54 bits per heavy atom. The number of carboxylic acid groups (broad SMARTS) is 2. The lowest BCUT2D eigenvalue weighted by atomic mass is 9.33. The van der Waals surface area contributed by atoms with Crippen molar-refractivity contribution in [1.82, 2.24) is 0 Å². The molecule has 0 radical (unpaired) electrons. The van der Waals surface area contributed by atoms with Gasteiger partial charge in [-0.1, -0.05) is 47.1 Å². The van der Waals surface area contributed by atoms with Gasteiger partial charge >= 0.3 is 17.9 Å². The predicted octanol–water partition coefficient (Wildman–Crippen LogP) is 6.83. The van der Waals surface area contributed by atoms with Gasteiger partial charge in [0.05, 0.1) is 18.3 Å². The molecule has 0 bridgehead atoms. The van der Waals surface area contributed by atoms with Gasteiger partial charge in [0, 0.05) is 11.3 Å². The Bertz CT molecular complexity index is 1200. The molecule has 0 aliphatic heterocycles. The fraction of sp³-hybridized carbons (Fsp3) is 0.824. The minimum atomic E-state index is -1.01. The van der Waals surface area contributed by atoms with Crippen molar-refractivity contribution in [2.45, 2.75) is 125 Å². The van der Waals surface area contributed by atoms with E-state index in [1.165, 1.54) is 5.57 Å². The maximum Gasteiger partial charge on any atom is 0.309 e. The van der Waals surface area contributed by atoms with Crippen molar-refractivity contribution in [1.29, 1.82) is 0 Å². The molecule has 0 aromatic carbocycles. The highest BCUT2D eigenvalue weighted by Crippen LogP contribution is 2.75. The maximum atomic E-state index is 14.5. The third kappa shape index (κ3) is 4.25. The Kier molecular flexibility index (Phi) is 6.95. The second-order valence-corrected chi connectivity index (χ2v) is 16.3. The maximum absolute atomic E-state index is 14.5. The standard InChI is InChI=1S/C34H50O7/c1-29(2)23-10-13-34(7)27(32(23,5)12-11-24(29)41-26(38)9-8-25(36)37)22(35)18-20-21-19-31(4,28(39)40)15-14-30(21,3)16-17-33(20,34)6/h18,21,23-24,27H,8-17,19H2,1-7H3,(H,36,37)(H,39,40)/t21?,23?,24?,27?,30-,31?,32+,33-,34-/m1/s1. The Hall–Kier alpha value is -2.18. The number of allylic oxidation sites excluding steroid dienone is 2. The molecule has 228 valence electrons. The molecule has 2 N–H and O–H groups in total. The van der Waals surface area contributed by atoms with Crippen LogP contribution in [0.15, 0.2) is 11.6 Å². The van der Waals surface area contributed by atoms with Crippen molar-refractivity contribution in [3.63, 3.8) is 0 Å². The monoisotopic (exact) mass is 570 g/mol. The van der Waals surface area contributed by atoms with E-state index in [0.29, 0.717) is 19.3 Å². The summed E-state index contributed by atoms with van der Waals surface area (Å²) in [6, 6.07) is 0. The summed E-state index contributed by atoms with van der Waals surface area (Å²) in [6.45, 7) is 15.5. The first kappa shape index (κ1) is 30.3. The van der Waals surface area contributed by atoms with Crippen LogP contribution >= 0.6 is 0 Å². The summed E-state index contributed by atoms with van der Waals surface area (Å²) in [4.78, 5) is 50.3. The second-order valence-electron chi connectivity index (χ2n) is 16.3. The number of ketones is 1. The van der Waals surface area contributed by atoms with E-state index in [1.54, 1.807) is 0 Å². The number of aliphatic carboxylic acids is 2. The van der Waals surface area contributed by atoms with Crippen molar-refractivity contribution in [2.24, 2.45) is 50.2 Å². The molecule has 0 spiro atoms. The number of hydrogen-bond donors (Lipinski definition) is 2. The van der Waals surface area contributed by atoms with Gasteiger partial charge in [0.1, 0.15) is 6.10 Å². The normalized spacial score (nSPS) is 46.6. The SMILES string of the molecule is CC1(C(=O)O)CC[C@]2(C)CC[C@]3(C)C(=CC(=O)C4[C@@]5(C)CCC(OC(=O)CCC(=O)O)C(C)(C)C5CC[C@]43C)C2C1. The van der Waals surface area contributed by atoms with Gasteiger partial charge in [0.25, 0.3) is 0 Å². The molecule has 41 heavy (non-hydrogen) atoms.